The van der Waals surface area contributed by atoms with E-state index in [0.29, 0.717) is 0 Å². The monoisotopic (exact) mass is 186 g/mol. The molecule has 0 fully saturated rings. The second-order valence-electron chi connectivity index (χ2n) is 2.86. The highest BCUT2D eigenvalue weighted by atomic mass is 32.1. The fraction of sp³-hybridized carbons (Fsp3) is 0. The Morgan fingerprint density at radius 1 is 1.15 bits per heavy atom. The molecule has 0 saturated carbocycles. The Balaban J connectivity index is 2.65. The predicted octanol–water partition coefficient (Wildman–Crippen LogP) is 2.84. The lowest BCUT2D eigenvalue weighted by Gasteiger charge is -1.95. The minimum absolute atomic E-state index is 1.07. The highest BCUT2D eigenvalue weighted by Crippen LogP contribution is 2.25. The van der Waals surface area contributed by atoms with E-state index in [-0.39, 0.29) is 0 Å². The number of fused-ring (bicyclic) bond motifs is 3. The van der Waals surface area contributed by atoms with Gasteiger partial charge in [0.2, 0.25) is 0 Å². The smallest absolute Gasteiger partial charge is 0.0905 e. The number of pyridine rings is 1. The Bertz CT molecular complexity index is 571. The minimum atomic E-state index is 1.07. The van der Waals surface area contributed by atoms with E-state index in [0.717, 1.165) is 10.9 Å². The second-order valence-corrected chi connectivity index (χ2v) is 3.75. The van der Waals surface area contributed by atoms with Gasteiger partial charge in [-0.25, -0.2) is 4.98 Å². The van der Waals surface area contributed by atoms with Crippen molar-refractivity contribution in [3.05, 3.63) is 36.1 Å². The number of rotatable bonds is 0. The van der Waals surface area contributed by atoms with Crippen molar-refractivity contribution in [2.45, 2.75) is 0 Å². The van der Waals surface area contributed by atoms with E-state index in [9.17, 15) is 0 Å². The Morgan fingerprint density at radius 3 is 3.15 bits per heavy atom. The molecule has 0 aliphatic rings. The van der Waals surface area contributed by atoms with Crippen LogP contribution in [0, 0.1) is 0 Å². The molecular weight excluding hydrogens is 180 g/mol. The largest absolute Gasteiger partial charge is 0.264 e. The molecule has 0 unspecified atom stereocenters. The third kappa shape index (κ3) is 0.939. The molecule has 0 N–H and O–H groups in total. The third-order valence-corrected chi connectivity index (χ3v) is 2.91. The summed E-state index contributed by atoms with van der Waals surface area (Å²) in [6.45, 7) is 0. The number of thiazole rings is 1. The molecule has 1 aromatic carbocycles. The van der Waals surface area contributed by atoms with E-state index in [1.54, 1.807) is 17.5 Å². The summed E-state index contributed by atoms with van der Waals surface area (Å²) in [4.78, 5) is 8.43. The van der Waals surface area contributed by atoms with Gasteiger partial charge in [-0.3, -0.25) is 4.98 Å². The summed E-state index contributed by atoms with van der Waals surface area (Å²) in [6.07, 6.45) is 3.68. The summed E-state index contributed by atoms with van der Waals surface area (Å²) in [5.41, 5.74) is 2.94. The lowest BCUT2D eigenvalue weighted by atomic mass is 10.1. The van der Waals surface area contributed by atoms with Gasteiger partial charge in [0.15, 0.2) is 0 Å². The van der Waals surface area contributed by atoms with Crippen molar-refractivity contribution in [2.24, 2.45) is 0 Å². The lowest BCUT2D eigenvalue weighted by molar-refractivity contribution is 1.36. The van der Waals surface area contributed by atoms with Crippen molar-refractivity contribution < 1.29 is 0 Å². The minimum Gasteiger partial charge on any atom is -0.264 e. The summed E-state index contributed by atoms with van der Waals surface area (Å²) in [6, 6.07) is 6.22. The summed E-state index contributed by atoms with van der Waals surface area (Å²) in [5, 5.41) is 2.34. The molecule has 0 radical (unpaired) electrons. The highest BCUT2D eigenvalue weighted by Gasteiger charge is 2.01. The summed E-state index contributed by atoms with van der Waals surface area (Å²) < 4.78 is 1.22. The Morgan fingerprint density at radius 2 is 2.15 bits per heavy atom. The van der Waals surface area contributed by atoms with Gasteiger partial charge in [-0.15, -0.1) is 11.3 Å². The fourth-order valence-corrected chi connectivity index (χ4v) is 2.18. The maximum atomic E-state index is 4.33. The molecule has 0 bridgehead atoms. The average molecular weight is 186 g/mol. The summed E-state index contributed by atoms with van der Waals surface area (Å²) >= 11 is 1.66. The van der Waals surface area contributed by atoms with Gasteiger partial charge in [0, 0.05) is 17.8 Å². The topological polar surface area (TPSA) is 25.8 Å². The zero-order valence-electron chi connectivity index (χ0n) is 6.77. The first-order valence-corrected chi connectivity index (χ1v) is 4.89. The molecule has 2 nitrogen and oxygen atoms in total. The molecule has 0 spiro atoms. The van der Waals surface area contributed by atoms with Crippen molar-refractivity contribution in [2.75, 3.05) is 0 Å². The van der Waals surface area contributed by atoms with Crippen LogP contribution in [-0.2, 0) is 0 Å². The van der Waals surface area contributed by atoms with Crippen LogP contribution in [0.25, 0.3) is 21.0 Å². The Kier molecular flexibility index (Phi) is 1.34. The molecule has 3 heteroatoms. The molecule has 2 heterocycles. The van der Waals surface area contributed by atoms with Crippen molar-refractivity contribution in [1.29, 1.82) is 0 Å². The number of nitrogens with zero attached hydrogens (tertiary/aromatic N) is 2. The van der Waals surface area contributed by atoms with E-state index < -0.39 is 0 Å². The molecule has 0 aliphatic carbocycles. The zero-order chi connectivity index (χ0) is 8.67. The molecular formula is C10H6N2S. The number of hydrogen-bond acceptors (Lipinski definition) is 3. The molecule has 2 aromatic heterocycles. The van der Waals surface area contributed by atoms with Crippen LogP contribution in [0.4, 0.5) is 0 Å². The van der Waals surface area contributed by atoms with Crippen LogP contribution >= 0.6 is 11.3 Å². The maximum absolute atomic E-state index is 4.33. The molecule has 13 heavy (non-hydrogen) atoms. The van der Waals surface area contributed by atoms with Gasteiger partial charge >= 0.3 is 0 Å². The van der Waals surface area contributed by atoms with Gasteiger partial charge in [0.25, 0.3) is 0 Å². The van der Waals surface area contributed by atoms with Crippen LogP contribution in [0.5, 0.6) is 0 Å². The van der Waals surface area contributed by atoms with Crippen LogP contribution in [0.15, 0.2) is 36.1 Å². The van der Waals surface area contributed by atoms with E-state index >= 15 is 0 Å². The van der Waals surface area contributed by atoms with Crippen LogP contribution in [0.3, 0.4) is 0 Å². The quantitative estimate of drug-likeness (QED) is 0.539. The van der Waals surface area contributed by atoms with Crippen molar-refractivity contribution >= 4 is 32.3 Å². The Hall–Kier alpha value is -1.48. The van der Waals surface area contributed by atoms with Crippen LogP contribution in [0.1, 0.15) is 0 Å². The molecule has 3 rings (SSSR count). The highest BCUT2D eigenvalue weighted by molar-refractivity contribution is 7.16. The molecule has 0 aliphatic heterocycles. The summed E-state index contributed by atoms with van der Waals surface area (Å²) in [7, 11) is 0. The van der Waals surface area contributed by atoms with Crippen molar-refractivity contribution in [3.63, 3.8) is 0 Å². The van der Waals surface area contributed by atoms with Crippen molar-refractivity contribution in [1.82, 2.24) is 9.97 Å². The first-order chi connectivity index (χ1) is 6.45. The van der Waals surface area contributed by atoms with Crippen LogP contribution in [0.2, 0.25) is 0 Å². The second kappa shape index (κ2) is 2.50. The van der Waals surface area contributed by atoms with E-state index in [1.807, 2.05) is 17.8 Å². The summed E-state index contributed by atoms with van der Waals surface area (Å²) in [5.74, 6) is 0. The molecule has 0 atom stereocenters. The zero-order valence-corrected chi connectivity index (χ0v) is 7.58. The first-order valence-electron chi connectivity index (χ1n) is 4.01. The predicted molar refractivity (Wildman–Crippen MR) is 54.9 cm³/mol. The third-order valence-electron chi connectivity index (χ3n) is 2.12. The average Bonchev–Trinajstić information content (AvgIpc) is 2.65. The van der Waals surface area contributed by atoms with Gasteiger partial charge < -0.3 is 0 Å². The lowest BCUT2D eigenvalue weighted by Crippen LogP contribution is -1.76. The standard InChI is InChI=1S/C10H6N2S/c1-2-9-10(12-6-13-9)8-5-11-4-3-7(1)8/h1-6H. The van der Waals surface area contributed by atoms with E-state index in [1.165, 1.54) is 10.1 Å². The van der Waals surface area contributed by atoms with E-state index in [2.05, 4.69) is 22.1 Å². The molecule has 0 saturated heterocycles. The molecule has 0 amide bonds. The SMILES string of the molecule is c1cc2ccc3scnc3c2cn1. The van der Waals surface area contributed by atoms with Gasteiger partial charge in [0.05, 0.1) is 15.7 Å². The maximum Gasteiger partial charge on any atom is 0.0905 e. The van der Waals surface area contributed by atoms with Gasteiger partial charge in [-0.05, 0) is 17.5 Å². The number of aromatic nitrogens is 2. The van der Waals surface area contributed by atoms with Crippen molar-refractivity contribution in [3.8, 4) is 0 Å². The number of hydrogen-bond donors (Lipinski definition) is 0. The number of benzene rings is 1. The van der Waals surface area contributed by atoms with Crippen LogP contribution in [-0.4, -0.2) is 9.97 Å². The Labute approximate surface area is 78.9 Å². The molecule has 62 valence electrons. The van der Waals surface area contributed by atoms with Gasteiger partial charge in [-0.1, -0.05) is 6.07 Å². The first kappa shape index (κ1) is 6.97. The molecule has 3 aromatic rings. The van der Waals surface area contributed by atoms with Gasteiger partial charge in [-0.2, -0.15) is 0 Å². The van der Waals surface area contributed by atoms with Crippen LogP contribution < -0.4 is 0 Å². The normalized spacial score (nSPS) is 11.1. The van der Waals surface area contributed by atoms with Gasteiger partial charge in [0.1, 0.15) is 0 Å². The fourth-order valence-electron chi connectivity index (χ4n) is 1.49. The van der Waals surface area contributed by atoms with E-state index in [4.69, 9.17) is 0 Å².